The summed E-state index contributed by atoms with van der Waals surface area (Å²) in [7, 11) is 0. The lowest BCUT2D eigenvalue weighted by molar-refractivity contribution is 0.0228. The van der Waals surface area contributed by atoms with Crippen molar-refractivity contribution >= 4 is 0 Å². The molecule has 2 aliphatic rings. The second-order valence-electron chi connectivity index (χ2n) is 6.15. The lowest BCUT2D eigenvalue weighted by Crippen LogP contribution is -2.54. The zero-order valence-corrected chi connectivity index (χ0v) is 10.5. The average Bonchev–Trinajstić information content (AvgIpc) is 2.24. The Balaban J connectivity index is 1.73. The molecule has 1 heteroatoms. The lowest BCUT2D eigenvalue weighted by atomic mass is 9.57. The number of rotatable bonds is 4. The maximum Gasteiger partial charge on any atom is 0.0124 e. The molecule has 2 aliphatic carbocycles. The minimum Gasteiger partial charge on any atom is -0.313 e. The van der Waals surface area contributed by atoms with Gasteiger partial charge in [-0.05, 0) is 50.0 Å². The largest absolute Gasteiger partial charge is 0.313 e. The molecule has 1 unspecified atom stereocenters. The quantitative estimate of drug-likeness (QED) is 0.744. The molecule has 0 aromatic carbocycles. The Hall–Kier alpha value is -0.0400. The van der Waals surface area contributed by atoms with Crippen LogP contribution in [0.25, 0.3) is 0 Å². The van der Waals surface area contributed by atoms with Gasteiger partial charge in [-0.2, -0.15) is 0 Å². The number of nitrogens with one attached hydrogen (secondary N) is 1. The van der Waals surface area contributed by atoms with E-state index in [2.05, 4.69) is 19.2 Å². The fourth-order valence-electron chi connectivity index (χ4n) is 3.42. The average molecular weight is 209 g/mol. The van der Waals surface area contributed by atoms with Crippen molar-refractivity contribution in [3.63, 3.8) is 0 Å². The minimum absolute atomic E-state index is 0.745. The molecule has 0 radical (unpaired) electrons. The third-order valence-electron chi connectivity index (χ3n) is 4.63. The summed E-state index contributed by atoms with van der Waals surface area (Å²) in [4.78, 5) is 0. The molecule has 1 nitrogen and oxygen atoms in total. The van der Waals surface area contributed by atoms with Gasteiger partial charge in [0.05, 0.1) is 0 Å². The van der Waals surface area contributed by atoms with Gasteiger partial charge < -0.3 is 5.32 Å². The van der Waals surface area contributed by atoms with E-state index in [0.717, 1.165) is 17.4 Å². The van der Waals surface area contributed by atoms with E-state index < -0.39 is 0 Å². The third-order valence-corrected chi connectivity index (χ3v) is 4.63. The van der Waals surface area contributed by atoms with Gasteiger partial charge in [0.25, 0.3) is 0 Å². The second-order valence-corrected chi connectivity index (χ2v) is 6.15. The molecule has 2 rings (SSSR count). The van der Waals surface area contributed by atoms with Crippen LogP contribution < -0.4 is 5.32 Å². The van der Waals surface area contributed by atoms with Crippen molar-refractivity contribution in [2.45, 2.75) is 71.3 Å². The Morgan fingerprint density at radius 1 is 1.13 bits per heavy atom. The van der Waals surface area contributed by atoms with E-state index >= 15 is 0 Å². The van der Waals surface area contributed by atoms with Crippen molar-refractivity contribution in [3.05, 3.63) is 0 Å². The molecule has 0 aromatic heterocycles. The van der Waals surface area contributed by atoms with Crippen molar-refractivity contribution in [2.24, 2.45) is 11.3 Å². The maximum absolute atomic E-state index is 3.81. The Bertz CT molecular complexity index is 192. The molecule has 0 saturated heterocycles. The molecule has 1 atom stereocenters. The molecule has 15 heavy (non-hydrogen) atoms. The molecule has 88 valence electrons. The first-order valence-corrected chi connectivity index (χ1v) is 6.96. The van der Waals surface area contributed by atoms with Crippen molar-refractivity contribution in [1.82, 2.24) is 5.32 Å². The van der Waals surface area contributed by atoms with Gasteiger partial charge in [0.15, 0.2) is 0 Å². The van der Waals surface area contributed by atoms with Crippen LogP contribution in [0.3, 0.4) is 0 Å². The molecule has 0 aromatic rings. The summed E-state index contributed by atoms with van der Waals surface area (Å²) in [5.74, 6) is 0.847. The van der Waals surface area contributed by atoms with Crippen LogP contribution in [0.1, 0.15) is 65.2 Å². The molecule has 2 saturated carbocycles. The van der Waals surface area contributed by atoms with Crippen LogP contribution in [0.2, 0.25) is 0 Å². The summed E-state index contributed by atoms with van der Waals surface area (Å²) in [5, 5.41) is 3.81. The van der Waals surface area contributed by atoms with Crippen molar-refractivity contribution in [1.29, 1.82) is 0 Å². The molecular formula is C14H27N. The first-order valence-electron chi connectivity index (χ1n) is 6.96. The summed E-state index contributed by atoms with van der Waals surface area (Å²) in [6, 6.07) is 0.872. The van der Waals surface area contributed by atoms with E-state index in [1.165, 1.54) is 57.9 Å². The van der Waals surface area contributed by atoms with Gasteiger partial charge in [0.2, 0.25) is 0 Å². The molecule has 1 N–H and O–H groups in total. The summed E-state index contributed by atoms with van der Waals surface area (Å²) in [6.45, 7) is 5.88. The highest BCUT2D eigenvalue weighted by Gasteiger charge is 2.46. The van der Waals surface area contributed by atoms with Crippen LogP contribution in [-0.2, 0) is 0 Å². The van der Waals surface area contributed by atoms with Crippen LogP contribution in [0.5, 0.6) is 0 Å². The normalized spacial score (nSPS) is 29.4. The highest BCUT2D eigenvalue weighted by atomic mass is 15.0. The standard InChI is InChI=1S/C14H27N/c1-12(2)7-11-15-13-6-10-14(13)8-4-3-5-9-14/h12-13,15H,3-11H2,1-2H3. The Morgan fingerprint density at radius 3 is 2.40 bits per heavy atom. The highest BCUT2D eigenvalue weighted by Crippen LogP contribution is 2.51. The molecular weight excluding hydrogens is 182 g/mol. The predicted molar refractivity (Wildman–Crippen MR) is 66.0 cm³/mol. The van der Waals surface area contributed by atoms with Crippen LogP contribution in [0, 0.1) is 11.3 Å². The van der Waals surface area contributed by atoms with Crippen molar-refractivity contribution in [3.8, 4) is 0 Å². The van der Waals surface area contributed by atoms with E-state index in [9.17, 15) is 0 Å². The molecule has 2 fully saturated rings. The topological polar surface area (TPSA) is 12.0 Å². The van der Waals surface area contributed by atoms with E-state index in [1.54, 1.807) is 0 Å². The van der Waals surface area contributed by atoms with Crippen molar-refractivity contribution in [2.75, 3.05) is 6.54 Å². The van der Waals surface area contributed by atoms with Gasteiger partial charge in [-0.1, -0.05) is 33.1 Å². The first kappa shape index (κ1) is 11.4. The highest BCUT2D eigenvalue weighted by molar-refractivity contribution is 5.01. The molecule has 0 bridgehead atoms. The third kappa shape index (κ3) is 2.55. The molecule has 0 heterocycles. The summed E-state index contributed by atoms with van der Waals surface area (Å²) in [5.41, 5.74) is 0.745. The fourth-order valence-corrected chi connectivity index (χ4v) is 3.42. The maximum atomic E-state index is 3.81. The van der Waals surface area contributed by atoms with Gasteiger partial charge in [-0.15, -0.1) is 0 Å². The lowest BCUT2D eigenvalue weighted by Gasteiger charge is -2.52. The second kappa shape index (κ2) is 4.86. The zero-order chi connectivity index (χ0) is 10.7. The summed E-state index contributed by atoms with van der Waals surface area (Å²) >= 11 is 0. The van der Waals surface area contributed by atoms with E-state index in [-0.39, 0.29) is 0 Å². The van der Waals surface area contributed by atoms with E-state index in [4.69, 9.17) is 0 Å². The minimum atomic E-state index is 0.745. The SMILES string of the molecule is CC(C)CCNC1CCC12CCCCC2. The molecule has 1 spiro atoms. The monoisotopic (exact) mass is 209 g/mol. The Labute approximate surface area is 95.0 Å². The summed E-state index contributed by atoms with van der Waals surface area (Å²) in [6.07, 6.45) is 11.8. The van der Waals surface area contributed by atoms with Crippen molar-refractivity contribution < 1.29 is 0 Å². The Morgan fingerprint density at radius 2 is 1.87 bits per heavy atom. The fraction of sp³-hybridized carbons (Fsp3) is 1.00. The van der Waals surface area contributed by atoms with Crippen LogP contribution in [0.4, 0.5) is 0 Å². The van der Waals surface area contributed by atoms with E-state index in [0.29, 0.717) is 0 Å². The number of hydrogen-bond donors (Lipinski definition) is 1. The predicted octanol–water partition coefficient (Wildman–Crippen LogP) is 3.74. The van der Waals surface area contributed by atoms with Gasteiger partial charge in [-0.3, -0.25) is 0 Å². The first-order chi connectivity index (χ1) is 7.23. The molecule has 0 amide bonds. The van der Waals surface area contributed by atoms with Gasteiger partial charge in [0, 0.05) is 6.04 Å². The summed E-state index contributed by atoms with van der Waals surface area (Å²) < 4.78 is 0. The molecule has 0 aliphatic heterocycles. The van der Waals surface area contributed by atoms with E-state index in [1.807, 2.05) is 0 Å². The van der Waals surface area contributed by atoms with Gasteiger partial charge in [0.1, 0.15) is 0 Å². The smallest absolute Gasteiger partial charge is 0.0124 e. The van der Waals surface area contributed by atoms with Crippen LogP contribution >= 0.6 is 0 Å². The van der Waals surface area contributed by atoms with Gasteiger partial charge >= 0.3 is 0 Å². The zero-order valence-electron chi connectivity index (χ0n) is 10.5. The van der Waals surface area contributed by atoms with Crippen LogP contribution in [-0.4, -0.2) is 12.6 Å². The Kier molecular flexibility index (Phi) is 3.71. The number of hydrogen-bond acceptors (Lipinski definition) is 1. The van der Waals surface area contributed by atoms with Gasteiger partial charge in [-0.25, -0.2) is 0 Å². The van der Waals surface area contributed by atoms with Crippen LogP contribution in [0.15, 0.2) is 0 Å².